The predicted molar refractivity (Wildman–Crippen MR) is 83.3 cm³/mol. The van der Waals surface area contributed by atoms with Gasteiger partial charge in [-0.3, -0.25) is 34.2 Å². The number of Topliss-reactive ketones (excluding diaryl/α,β-unsaturated/α-hetero) is 1. The normalized spacial score (nSPS) is 17.9. The highest BCUT2D eigenvalue weighted by molar-refractivity contribution is 5.90. The van der Waals surface area contributed by atoms with Gasteiger partial charge in [0, 0.05) is 25.1 Å². The Morgan fingerprint density at radius 1 is 1.28 bits per heavy atom. The van der Waals surface area contributed by atoms with E-state index in [1.54, 1.807) is 0 Å². The van der Waals surface area contributed by atoms with Crippen LogP contribution >= 0.6 is 0 Å². The Balaban J connectivity index is 2.14. The van der Waals surface area contributed by atoms with Gasteiger partial charge in [0.1, 0.15) is 11.8 Å². The summed E-state index contributed by atoms with van der Waals surface area (Å²) in [5.74, 6) is -1.44. The van der Waals surface area contributed by atoms with E-state index in [1.807, 2.05) is 0 Å². The van der Waals surface area contributed by atoms with Crippen molar-refractivity contribution in [1.82, 2.24) is 14.9 Å². The Morgan fingerprint density at radius 2 is 1.96 bits per heavy atom. The third-order valence-electron chi connectivity index (χ3n) is 4.01. The minimum Gasteiger partial charge on any atom is -0.480 e. The molecule has 1 aliphatic rings. The molecule has 0 radical (unpaired) electrons. The molecule has 3 N–H and O–H groups in total. The number of likely N-dealkylation sites (tertiary alicyclic amines) is 1. The number of aromatic amines is 2. The number of aliphatic carboxylic acids is 1. The highest BCUT2D eigenvalue weighted by Gasteiger charge is 2.36. The zero-order valence-corrected chi connectivity index (χ0v) is 12.6. The number of nitro benzene ring substituents is 1. The number of nitrogens with one attached hydrogen (secondary N) is 2. The van der Waals surface area contributed by atoms with Gasteiger partial charge in [0.15, 0.2) is 0 Å². The van der Waals surface area contributed by atoms with Gasteiger partial charge in [0.2, 0.25) is 0 Å². The lowest BCUT2D eigenvalue weighted by Crippen LogP contribution is -2.36. The van der Waals surface area contributed by atoms with Crippen molar-refractivity contribution in [3.63, 3.8) is 0 Å². The molecule has 11 heteroatoms. The lowest BCUT2D eigenvalue weighted by atomic mass is 10.1. The molecule has 0 aliphatic carbocycles. The molecule has 2 heterocycles. The quantitative estimate of drug-likeness (QED) is 0.372. The molecule has 130 valence electrons. The van der Waals surface area contributed by atoms with Gasteiger partial charge in [-0.1, -0.05) is 0 Å². The van der Waals surface area contributed by atoms with Crippen LogP contribution in [0.5, 0.6) is 0 Å². The van der Waals surface area contributed by atoms with Gasteiger partial charge in [0.05, 0.1) is 22.5 Å². The van der Waals surface area contributed by atoms with Crippen LogP contribution < -0.4 is 11.1 Å². The number of carbonyl (C=O) groups excluding carboxylic acids is 1. The summed E-state index contributed by atoms with van der Waals surface area (Å²) in [6.07, 6.45) is -0.157. The van der Waals surface area contributed by atoms with E-state index >= 15 is 0 Å². The summed E-state index contributed by atoms with van der Waals surface area (Å²) in [7, 11) is 0. The number of carboxylic acid groups (broad SMARTS) is 1. The molecule has 0 spiro atoms. The first-order valence-electron chi connectivity index (χ1n) is 7.18. The Morgan fingerprint density at radius 3 is 2.60 bits per heavy atom. The number of ketones is 1. The van der Waals surface area contributed by atoms with Gasteiger partial charge in [-0.15, -0.1) is 0 Å². The molecular weight excluding hydrogens is 336 g/mol. The van der Waals surface area contributed by atoms with Gasteiger partial charge in [-0.25, -0.2) is 0 Å². The number of carboxylic acids is 1. The summed E-state index contributed by atoms with van der Waals surface area (Å²) in [6.45, 7) is -0.225. The SMILES string of the molecule is O=C1CC(C(=O)O)N(Cc2cc([N+](=O)[O-])cc3[nH]c(=O)c(=O)[nH]c23)C1. The molecule has 1 aromatic carbocycles. The van der Waals surface area contributed by atoms with Crippen molar-refractivity contribution in [1.29, 1.82) is 0 Å². The fraction of sp³-hybridized carbons (Fsp3) is 0.286. The van der Waals surface area contributed by atoms with Crippen LogP contribution in [0.25, 0.3) is 11.0 Å². The van der Waals surface area contributed by atoms with Crippen molar-refractivity contribution in [3.05, 3.63) is 48.5 Å². The van der Waals surface area contributed by atoms with Gasteiger partial charge >= 0.3 is 17.1 Å². The molecule has 25 heavy (non-hydrogen) atoms. The molecule has 2 aromatic rings. The summed E-state index contributed by atoms with van der Waals surface area (Å²) in [5.41, 5.74) is -1.79. The van der Waals surface area contributed by atoms with Crippen molar-refractivity contribution >= 4 is 28.5 Å². The van der Waals surface area contributed by atoms with Gasteiger partial charge in [-0.2, -0.15) is 0 Å². The Hall–Kier alpha value is -3.34. The monoisotopic (exact) mass is 348 g/mol. The number of H-pyrrole nitrogens is 2. The fourth-order valence-corrected chi connectivity index (χ4v) is 2.89. The second kappa shape index (κ2) is 5.94. The Kier molecular flexibility index (Phi) is 3.93. The fourth-order valence-electron chi connectivity index (χ4n) is 2.89. The molecule has 1 aromatic heterocycles. The number of hydrogen-bond donors (Lipinski definition) is 3. The second-order valence-corrected chi connectivity index (χ2v) is 5.69. The molecule has 11 nitrogen and oxygen atoms in total. The first kappa shape index (κ1) is 16.5. The lowest BCUT2D eigenvalue weighted by molar-refractivity contribution is -0.384. The van der Waals surface area contributed by atoms with E-state index in [-0.39, 0.29) is 47.6 Å². The summed E-state index contributed by atoms with van der Waals surface area (Å²) in [5, 5.41) is 20.3. The maximum atomic E-state index is 11.6. The smallest absolute Gasteiger partial charge is 0.321 e. The molecule has 0 saturated carbocycles. The number of benzene rings is 1. The number of nitro groups is 1. The van der Waals surface area contributed by atoms with E-state index < -0.39 is 28.1 Å². The van der Waals surface area contributed by atoms with E-state index in [0.29, 0.717) is 0 Å². The molecular formula is C14H12N4O7. The number of carbonyl (C=O) groups is 2. The van der Waals surface area contributed by atoms with Crippen molar-refractivity contribution in [2.45, 2.75) is 19.0 Å². The van der Waals surface area contributed by atoms with Crippen LogP contribution in [0.4, 0.5) is 5.69 Å². The first-order valence-corrected chi connectivity index (χ1v) is 7.18. The van der Waals surface area contributed by atoms with E-state index in [4.69, 9.17) is 0 Å². The third-order valence-corrected chi connectivity index (χ3v) is 4.01. The van der Waals surface area contributed by atoms with Crippen LogP contribution in [0, 0.1) is 10.1 Å². The lowest BCUT2D eigenvalue weighted by Gasteiger charge is -2.20. The van der Waals surface area contributed by atoms with Crippen molar-refractivity contribution in [3.8, 4) is 0 Å². The molecule has 1 fully saturated rings. The average molecular weight is 348 g/mol. The predicted octanol–water partition coefficient (Wildman–Crippen LogP) is -0.647. The molecule has 1 aliphatic heterocycles. The minimum atomic E-state index is -1.18. The van der Waals surface area contributed by atoms with Crippen molar-refractivity contribution in [2.24, 2.45) is 0 Å². The van der Waals surface area contributed by atoms with Crippen LogP contribution in [-0.4, -0.2) is 49.2 Å². The van der Waals surface area contributed by atoms with Crippen molar-refractivity contribution in [2.75, 3.05) is 6.54 Å². The number of rotatable bonds is 4. The Labute approximate surface area is 138 Å². The van der Waals surface area contributed by atoms with E-state index in [1.165, 1.54) is 11.0 Å². The van der Waals surface area contributed by atoms with Gasteiger partial charge < -0.3 is 15.1 Å². The summed E-state index contributed by atoms with van der Waals surface area (Å²) in [6, 6.07) is 1.23. The first-order chi connectivity index (χ1) is 11.8. The molecule has 1 saturated heterocycles. The largest absolute Gasteiger partial charge is 0.480 e. The van der Waals surface area contributed by atoms with Crippen LogP contribution in [0.2, 0.25) is 0 Å². The van der Waals surface area contributed by atoms with Crippen LogP contribution in [0.3, 0.4) is 0 Å². The molecule has 0 amide bonds. The number of non-ortho nitro benzene ring substituents is 1. The summed E-state index contributed by atoms with van der Waals surface area (Å²) >= 11 is 0. The van der Waals surface area contributed by atoms with Gasteiger partial charge in [0.25, 0.3) is 5.69 Å². The van der Waals surface area contributed by atoms with Crippen LogP contribution in [0.15, 0.2) is 21.7 Å². The topological polar surface area (TPSA) is 166 Å². The number of aromatic nitrogens is 2. The Bertz CT molecular complexity index is 1020. The summed E-state index contributed by atoms with van der Waals surface area (Å²) in [4.78, 5) is 62.2. The average Bonchev–Trinajstić information content (AvgIpc) is 2.89. The summed E-state index contributed by atoms with van der Waals surface area (Å²) < 4.78 is 0. The highest BCUT2D eigenvalue weighted by Crippen LogP contribution is 2.25. The standard InChI is InChI=1S/C14H12N4O7/c19-8-3-10(14(22)23)17(5-8)4-6-1-7(18(24)25)2-9-11(6)16-13(21)12(20)15-9/h1-2,10H,3-5H2,(H,15,20)(H,16,21)(H,22,23). The molecule has 1 unspecified atom stereocenters. The number of fused-ring (bicyclic) bond motifs is 1. The molecule has 3 rings (SSSR count). The highest BCUT2D eigenvalue weighted by atomic mass is 16.6. The van der Waals surface area contributed by atoms with E-state index in [9.17, 15) is 34.4 Å². The second-order valence-electron chi connectivity index (χ2n) is 5.69. The maximum Gasteiger partial charge on any atom is 0.321 e. The third kappa shape index (κ3) is 3.04. The van der Waals surface area contributed by atoms with Gasteiger partial charge in [-0.05, 0) is 5.56 Å². The molecule has 0 bridgehead atoms. The zero-order valence-electron chi connectivity index (χ0n) is 12.6. The van der Waals surface area contributed by atoms with E-state index in [0.717, 1.165) is 6.07 Å². The maximum absolute atomic E-state index is 11.6. The van der Waals surface area contributed by atoms with Crippen molar-refractivity contribution < 1.29 is 19.6 Å². The van der Waals surface area contributed by atoms with Crippen LogP contribution in [0.1, 0.15) is 12.0 Å². The molecule has 1 atom stereocenters. The van der Waals surface area contributed by atoms with Crippen LogP contribution in [-0.2, 0) is 16.1 Å². The minimum absolute atomic E-state index is 0.0474. The zero-order chi connectivity index (χ0) is 18.3. The van der Waals surface area contributed by atoms with E-state index in [2.05, 4.69) is 9.97 Å². The number of nitrogens with zero attached hydrogens (tertiary/aromatic N) is 2. The number of hydrogen-bond acceptors (Lipinski definition) is 7.